The van der Waals surface area contributed by atoms with Crippen molar-refractivity contribution in [3.8, 4) is 0 Å². The smallest absolute Gasteiger partial charge is 0.550 e. The summed E-state index contributed by atoms with van der Waals surface area (Å²) in [5.74, 6) is -5.52. The first kappa shape index (κ1) is 72.9. The minimum absolute atomic E-state index is 0. The third-order valence-electron chi connectivity index (χ3n) is 8.91. The minimum atomic E-state index is -0.920. The van der Waals surface area contributed by atoms with Gasteiger partial charge in [-0.2, -0.15) is 0 Å². The van der Waals surface area contributed by atoms with Crippen molar-refractivity contribution in [1.82, 2.24) is 0 Å². The Morgan fingerprint density at radius 3 is 0.393 bits per heavy atom. The van der Waals surface area contributed by atoms with Gasteiger partial charge in [0, 0.05) is 35.8 Å². The summed E-state index contributed by atoms with van der Waals surface area (Å²) in [4.78, 5) is 59.5. The largest absolute Gasteiger partial charge is 6.00 e. The third-order valence-corrected chi connectivity index (χ3v) is 8.91. The van der Waals surface area contributed by atoms with Crippen LogP contribution in [0.3, 0.4) is 0 Å². The second-order valence-electron chi connectivity index (χ2n) is 15.2. The minimum Gasteiger partial charge on any atom is -0.550 e. The molecule has 0 N–H and O–H groups in total. The van der Waals surface area contributed by atoms with Crippen LogP contribution >= 0.6 is 0 Å². The van der Waals surface area contributed by atoms with Gasteiger partial charge in [-0.3, -0.25) is 0 Å². The Bertz CT molecular complexity index is 729. The molecule has 13 heteroatoms. The molecule has 0 rings (SSSR count). The number of carboxylic acids is 6. The molecule has 0 saturated carbocycles. The van der Waals surface area contributed by atoms with Gasteiger partial charge in [0.15, 0.2) is 0 Å². The Morgan fingerprint density at radius 2 is 0.311 bits per heavy atom. The average molecular weight is 955 g/mol. The Morgan fingerprint density at radius 1 is 0.213 bits per heavy atom. The van der Waals surface area contributed by atoms with Gasteiger partial charge >= 0.3 is 21.1 Å². The van der Waals surface area contributed by atoms with Gasteiger partial charge in [0.25, 0.3) is 0 Å². The molecule has 0 aromatic carbocycles. The van der Waals surface area contributed by atoms with Crippen molar-refractivity contribution < 1.29 is 80.5 Å². The number of hydrogen-bond donors (Lipinski definition) is 0. The van der Waals surface area contributed by atoms with Crippen LogP contribution in [0.4, 0.5) is 0 Å². The number of unbranched alkanes of at least 4 members (excludes halogenated alkanes) is 24. The SMILES string of the molecule is CCCCCCCC(=O)[O-].CCCCCCCC(=O)[O-].CCCCCCCC(=O)[O-].CCCCCCCC(=O)[O-].CCCCCCCC(=O)[O-].CCCCCCCC(=O)[O-].[Mo+6]. The summed E-state index contributed by atoms with van der Waals surface area (Å²) in [6.45, 7) is 12.8. The Hall–Kier alpha value is -2.49. The zero-order valence-corrected chi connectivity index (χ0v) is 41.8. The van der Waals surface area contributed by atoms with Gasteiger partial charge in [-0.1, -0.05) is 196 Å². The summed E-state index contributed by atoms with van der Waals surface area (Å²) in [6, 6.07) is 0. The molecule has 0 heterocycles. The molecule has 61 heavy (non-hydrogen) atoms. The summed E-state index contributed by atoms with van der Waals surface area (Å²) in [5, 5.41) is 59.5. The first-order valence-electron chi connectivity index (χ1n) is 23.8. The standard InChI is InChI=1S/6C8H16O2.Mo/c6*1-2-3-4-5-6-7-8(9)10;/h6*2-7H2,1H3,(H,9,10);/q;;;;;;+6/p-6. The van der Waals surface area contributed by atoms with E-state index in [0.717, 1.165) is 116 Å². The van der Waals surface area contributed by atoms with Crippen LogP contribution in [0.25, 0.3) is 0 Å². The van der Waals surface area contributed by atoms with E-state index < -0.39 is 35.8 Å². The quantitative estimate of drug-likeness (QED) is 0.0478. The van der Waals surface area contributed by atoms with E-state index in [9.17, 15) is 59.4 Å². The molecule has 0 saturated heterocycles. The fourth-order valence-corrected chi connectivity index (χ4v) is 5.24. The maximum atomic E-state index is 9.92. The summed E-state index contributed by atoms with van der Waals surface area (Å²) >= 11 is 0. The number of aliphatic carboxylic acids is 6. The van der Waals surface area contributed by atoms with E-state index in [-0.39, 0.29) is 59.6 Å². The van der Waals surface area contributed by atoms with E-state index in [2.05, 4.69) is 41.5 Å². The molecule has 0 unspecified atom stereocenters. The third kappa shape index (κ3) is 114. The van der Waals surface area contributed by atoms with E-state index in [1.54, 1.807) is 0 Å². The van der Waals surface area contributed by atoms with Gasteiger partial charge in [-0.05, 0) is 77.0 Å². The van der Waals surface area contributed by atoms with Crippen LogP contribution in [-0.2, 0) is 49.8 Å². The predicted octanol–water partition coefficient (Wildman–Crippen LogP) is 6.58. The van der Waals surface area contributed by atoms with Crippen molar-refractivity contribution in [2.24, 2.45) is 0 Å². The van der Waals surface area contributed by atoms with Crippen LogP contribution in [0.5, 0.6) is 0 Å². The monoisotopic (exact) mass is 957 g/mol. The van der Waals surface area contributed by atoms with E-state index in [1.165, 1.54) is 77.0 Å². The van der Waals surface area contributed by atoms with Crippen molar-refractivity contribution in [2.45, 2.75) is 273 Å². The summed E-state index contributed by atoms with van der Waals surface area (Å²) < 4.78 is 0. The molecule has 0 atom stereocenters. The molecule has 12 nitrogen and oxygen atoms in total. The van der Waals surface area contributed by atoms with Gasteiger partial charge in [0.1, 0.15) is 0 Å². The average Bonchev–Trinajstić information content (AvgIpc) is 3.18. The number of hydrogen-bond acceptors (Lipinski definition) is 12. The molecule has 0 radical (unpaired) electrons. The molecular formula is C48H90MoO12. The van der Waals surface area contributed by atoms with E-state index in [4.69, 9.17) is 0 Å². The number of carbonyl (C=O) groups is 6. The van der Waals surface area contributed by atoms with E-state index in [0.29, 0.717) is 0 Å². The van der Waals surface area contributed by atoms with Crippen molar-refractivity contribution in [3.05, 3.63) is 0 Å². The van der Waals surface area contributed by atoms with Crippen molar-refractivity contribution in [2.75, 3.05) is 0 Å². The van der Waals surface area contributed by atoms with E-state index in [1.807, 2.05) is 0 Å². The molecule has 0 fully saturated rings. The fourth-order valence-electron chi connectivity index (χ4n) is 5.24. The molecule has 0 aliphatic carbocycles. The molecule has 360 valence electrons. The Kier molecular flexibility index (Phi) is 82.8. The van der Waals surface area contributed by atoms with Crippen molar-refractivity contribution >= 4 is 35.8 Å². The molecule has 0 spiro atoms. The van der Waals surface area contributed by atoms with Gasteiger partial charge in [0.05, 0.1) is 0 Å². The molecular weight excluding hydrogens is 864 g/mol. The predicted molar refractivity (Wildman–Crippen MR) is 230 cm³/mol. The fraction of sp³-hybridized carbons (Fsp3) is 0.875. The molecule has 0 aliphatic heterocycles. The van der Waals surface area contributed by atoms with E-state index >= 15 is 0 Å². The van der Waals surface area contributed by atoms with Crippen LogP contribution in [0.1, 0.15) is 273 Å². The normalized spacial score (nSPS) is 9.54. The number of carboxylic acid groups (broad SMARTS) is 6. The summed E-state index contributed by atoms with van der Waals surface area (Å²) in [5.41, 5.74) is 0. The maximum absolute atomic E-state index is 9.92. The number of carbonyl (C=O) groups excluding carboxylic acids is 6. The molecule has 0 amide bonds. The maximum Gasteiger partial charge on any atom is 6.00 e. The van der Waals surface area contributed by atoms with Gasteiger partial charge in [-0.15, -0.1) is 0 Å². The molecule has 0 aromatic rings. The zero-order valence-electron chi connectivity index (χ0n) is 39.8. The van der Waals surface area contributed by atoms with Crippen LogP contribution in [-0.4, -0.2) is 35.8 Å². The molecule has 0 aromatic heterocycles. The van der Waals surface area contributed by atoms with Crippen LogP contribution < -0.4 is 30.6 Å². The second kappa shape index (κ2) is 69.2. The van der Waals surface area contributed by atoms with Crippen molar-refractivity contribution in [3.63, 3.8) is 0 Å². The second-order valence-corrected chi connectivity index (χ2v) is 15.2. The van der Waals surface area contributed by atoms with Gasteiger partial charge < -0.3 is 59.4 Å². The first-order chi connectivity index (χ1) is 28.6. The Labute approximate surface area is 387 Å². The summed E-state index contributed by atoms with van der Waals surface area (Å²) in [7, 11) is 0. The van der Waals surface area contributed by atoms with Crippen LogP contribution in [0.15, 0.2) is 0 Å². The van der Waals surface area contributed by atoms with Crippen LogP contribution in [0.2, 0.25) is 0 Å². The molecule has 0 bridgehead atoms. The van der Waals surface area contributed by atoms with Gasteiger partial charge in [-0.25, -0.2) is 0 Å². The zero-order chi connectivity index (χ0) is 46.9. The van der Waals surface area contributed by atoms with Crippen molar-refractivity contribution in [1.29, 1.82) is 0 Å². The summed E-state index contributed by atoms with van der Waals surface area (Å²) in [6.07, 6.45) is 33.6. The number of rotatable bonds is 36. The first-order valence-corrected chi connectivity index (χ1v) is 23.8. The Balaban J connectivity index is -0.000000114. The van der Waals surface area contributed by atoms with Gasteiger partial charge in [0.2, 0.25) is 0 Å². The molecule has 0 aliphatic rings. The van der Waals surface area contributed by atoms with Crippen LogP contribution in [0, 0.1) is 0 Å². The topological polar surface area (TPSA) is 241 Å².